The molecule has 0 N–H and O–H groups in total. The number of aromatic nitrogens is 1. The molecule has 3 heteroatoms. The number of hydrogen-bond donors (Lipinski definition) is 0. The zero-order valence-corrected chi connectivity index (χ0v) is 35.5. The Labute approximate surface area is 377 Å². The van der Waals surface area contributed by atoms with Gasteiger partial charge in [0.25, 0.3) is 0 Å². The molecule has 0 aliphatic rings. The topological polar surface area (TPSA) is 10.9 Å². The van der Waals surface area contributed by atoms with Crippen molar-refractivity contribution in [2.75, 3.05) is 9.80 Å². The number of benzene rings is 11. The zero-order chi connectivity index (χ0) is 42.8. The Kier molecular flexibility index (Phi) is 8.53. The molecule has 0 radical (unpaired) electrons. The van der Waals surface area contributed by atoms with Crippen LogP contribution in [-0.2, 0) is 0 Å². The van der Waals surface area contributed by atoms with Crippen molar-refractivity contribution in [3.63, 3.8) is 0 Å². The summed E-state index contributed by atoms with van der Waals surface area (Å²) >= 11 is 0. The molecule has 0 bridgehead atoms. The Balaban J connectivity index is 1.07. The van der Waals surface area contributed by atoms with Gasteiger partial charge in [0.1, 0.15) is 0 Å². The van der Waals surface area contributed by atoms with E-state index in [4.69, 9.17) is 0 Å². The monoisotopic (exact) mass is 827 g/mol. The molecule has 65 heavy (non-hydrogen) atoms. The number of nitrogens with zero attached hydrogens (tertiary/aromatic N) is 3. The van der Waals surface area contributed by atoms with Crippen molar-refractivity contribution in [3.8, 4) is 22.3 Å². The third-order valence-electron chi connectivity index (χ3n) is 13.2. The van der Waals surface area contributed by atoms with Crippen molar-refractivity contribution in [1.82, 2.24) is 4.40 Å². The van der Waals surface area contributed by atoms with Gasteiger partial charge in [0, 0.05) is 55.7 Å². The lowest BCUT2D eigenvalue weighted by molar-refractivity contribution is 1.25. The highest BCUT2D eigenvalue weighted by atomic mass is 15.2. The Morgan fingerprint density at radius 3 is 1.54 bits per heavy atom. The minimum Gasteiger partial charge on any atom is -0.310 e. The van der Waals surface area contributed by atoms with E-state index >= 15 is 0 Å². The lowest BCUT2D eigenvalue weighted by Gasteiger charge is -2.30. The van der Waals surface area contributed by atoms with Crippen molar-refractivity contribution < 1.29 is 0 Å². The van der Waals surface area contributed by atoms with Gasteiger partial charge in [-0.1, -0.05) is 164 Å². The molecule has 2 aromatic heterocycles. The Morgan fingerprint density at radius 2 is 0.785 bits per heavy atom. The second-order valence-electron chi connectivity index (χ2n) is 17.0. The van der Waals surface area contributed by atoms with E-state index in [1.54, 1.807) is 0 Å². The molecule has 0 saturated heterocycles. The van der Waals surface area contributed by atoms with Crippen molar-refractivity contribution >= 4 is 93.8 Å². The Bertz CT molecular complexity index is 3860. The van der Waals surface area contributed by atoms with Gasteiger partial charge in [-0.25, -0.2) is 0 Å². The lowest BCUT2D eigenvalue weighted by atomic mass is 9.97. The van der Waals surface area contributed by atoms with Gasteiger partial charge in [0.05, 0.1) is 16.6 Å². The standard InChI is InChI=1S/C62H41N3/c1-4-15-42(16-5-1)44-27-32-51(33-28-44)63(49-20-6-2-7-21-49)53-38-48(39-54(41-53)64(50-22-8-3-9-23-50)52-34-29-43-17-10-11-18-46(43)37-52)47-31-36-60-58(40-47)57-35-30-45-19-14-25-56-55-24-12-13-26-59(55)65(60)62(57)61(45)56/h1-41H. The maximum Gasteiger partial charge on any atom is 0.0625 e. The van der Waals surface area contributed by atoms with Crippen LogP contribution in [0.5, 0.6) is 0 Å². The molecule has 304 valence electrons. The SMILES string of the molecule is c1ccc(-c2ccc(N(c3ccccc3)c3cc(-c4ccc5c(c4)c4ccc6cccc7c8ccccc8n5c4c67)cc(N(c4ccccc4)c4ccc5ccccc5c4)c3)cc2)cc1. The number of fused-ring (bicyclic) bond motifs is 7. The number of para-hydroxylation sites is 3. The first kappa shape index (κ1) is 36.9. The summed E-state index contributed by atoms with van der Waals surface area (Å²) in [5.41, 5.74) is 14.8. The van der Waals surface area contributed by atoms with Crippen LogP contribution in [0.25, 0.3) is 81.9 Å². The predicted octanol–water partition coefficient (Wildman–Crippen LogP) is 17.4. The summed E-state index contributed by atoms with van der Waals surface area (Å²) in [6, 6.07) is 90.8. The van der Waals surface area contributed by atoms with Gasteiger partial charge >= 0.3 is 0 Å². The fourth-order valence-electron chi connectivity index (χ4n) is 10.2. The minimum absolute atomic E-state index is 1.06. The van der Waals surface area contributed by atoms with Crippen molar-refractivity contribution in [2.45, 2.75) is 0 Å². The first-order valence-electron chi connectivity index (χ1n) is 22.3. The van der Waals surface area contributed by atoms with E-state index in [1.165, 1.54) is 70.8 Å². The van der Waals surface area contributed by atoms with Crippen LogP contribution in [0.15, 0.2) is 249 Å². The largest absolute Gasteiger partial charge is 0.310 e. The molecule has 0 fully saturated rings. The van der Waals surface area contributed by atoms with Gasteiger partial charge in [-0.2, -0.15) is 0 Å². The van der Waals surface area contributed by atoms with E-state index in [9.17, 15) is 0 Å². The number of rotatable bonds is 8. The molecular formula is C62H41N3. The average Bonchev–Trinajstić information content (AvgIpc) is 3.72. The molecular weight excluding hydrogens is 787 g/mol. The third-order valence-corrected chi connectivity index (χ3v) is 13.2. The van der Waals surface area contributed by atoms with E-state index < -0.39 is 0 Å². The average molecular weight is 828 g/mol. The molecule has 11 aromatic carbocycles. The predicted molar refractivity (Wildman–Crippen MR) is 276 cm³/mol. The maximum atomic E-state index is 2.49. The highest BCUT2D eigenvalue weighted by Gasteiger charge is 2.22. The molecule has 0 saturated carbocycles. The van der Waals surface area contributed by atoms with E-state index in [0.717, 1.165) is 45.3 Å². The molecule has 0 amide bonds. The Morgan fingerprint density at radius 1 is 0.246 bits per heavy atom. The summed E-state index contributed by atoms with van der Waals surface area (Å²) in [6.45, 7) is 0. The summed E-state index contributed by atoms with van der Waals surface area (Å²) in [4.78, 5) is 4.79. The minimum atomic E-state index is 1.06. The van der Waals surface area contributed by atoms with E-state index in [2.05, 4.69) is 263 Å². The molecule has 13 aromatic rings. The molecule has 0 spiro atoms. The first-order valence-corrected chi connectivity index (χ1v) is 22.3. The lowest BCUT2D eigenvalue weighted by Crippen LogP contribution is -2.13. The second kappa shape index (κ2) is 15.0. The first-order chi connectivity index (χ1) is 32.2. The fraction of sp³-hybridized carbons (Fsp3) is 0. The zero-order valence-electron chi connectivity index (χ0n) is 35.5. The summed E-state index contributed by atoms with van der Waals surface area (Å²) < 4.78 is 2.49. The van der Waals surface area contributed by atoms with Crippen molar-refractivity contribution in [2.24, 2.45) is 0 Å². The molecule has 0 unspecified atom stereocenters. The summed E-state index contributed by atoms with van der Waals surface area (Å²) in [5.74, 6) is 0. The van der Waals surface area contributed by atoms with E-state index in [0.29, 0.717) is 0 Å². The highest BCUT2D eigenvalue weighted by molar-refractivity contribution is 6.28. The van der Waals surface area contributed by atoms with Crippen LogP contribution in [0.3, 0.4) is 0 Å². The van der Waals surface area contributed by atoms with Crippen LogP contribution in [0.2, 0.25) is 0 Å². The van der Waals surface area contributed by atoms with Crippen LogP contribution in [0, 0.1) is 0 Å². The van der Waals surface area contributed by atoms with Gasteiger partial charge in [-0.3, -0.25) is 0 Å². The normalized spacial score (nSPS) is 11.7. The summed E-state index contributed by atoms with van der Waals surface area (Å²) in [7, 11) is 0. The van der Waals surface area contributed by atoms with Crippen molar-refractivity contribution in [1.29, 1.82) is 0 Å². The molecule has 0 aliphatic carbocycles. The quantitative estimate of drug-likeness (QED) is 0.112. The van der Waals surface area contributed by atoms with E-state index in [1.807, 2.05) is 0 Å². The van der Waals surface area contributed by atoms with Crippen LogP contribution >= 0.6 is 0 Å². The third kappa shape index (κ3) is 6.12. The smallest absolute Gasteiger partial charge is 0.0625 e. The Hall–Kier alpha value is -8.66. The molecule has 0 aliphatic heterocycles. The van der Waals surface area contributed by atoms with Gasteiger partial charge < -0.3 is 14.2 Å². The number of pyridine rings is 1. The number of hydrogen-bond acceptors (Lipinski definition) is 2. The fourth-order valence-corrected chi connectivity index (χ4v) is 10.2. The summed E-state index contributed by atoms with van der Waals surface area (Å²) in [5, 5.41) is 10.1. The van der Waals surface area contributed by atoms with E-state index in [-0.39, 0.29) is 0 Å². The van der Waals surface area contributed by atoms with Gasteiger partial charge in [0.15, 0.2) is 0 Å². The molecule has 2 heterocycles. The van der Waals surface area contributed by atoms with Crippen LogP contribution in [-0.4, -0.2) is 4.40 Å². The van der Waals surface area contributed by atoms with Crippen molar-refractivity contribution in [3.05, 3.63) is 249 Å². The van der Waals surface area contributed by atoms with Gasteiger partial charge in [-0.15, -0.1) is 0 Å². The van der Waals surface area contributed by atoms with Gasteiger partial charge in [0.2, 0.25) is 0 Å². The highest BCUT2D eigenvalue weighted by Crippen LogP contribution is 2.46. The maximum absolute atomic E-state index is 2.49. The summed E-state index contributed by atoms with van der Waals surface area (Å²) in [6.07, 6.45) is 0. The molecule has 13 rings (SSSR count). The second-order valence-corrected chi connectivity index (χ2v) is 17.0. The van der Waals surface area contributed by atoms with Crippen LogP contribution < -0.4 is 9.80 Å². The van der Waals surface area contributed by atoms with Crippen LogP contribution in [0.1, 0.15) is 0 Å². The molecule has 3 nitrogen and oxygen atoms in total. The van der Waals surface area contributed by atoms with Gasteiger partial charge in [-0.05, 0) is 129 Å². The number of anilines is 6. The molecule has 0 atom stereocenters. The van der Waals surface area contributed by atoms with Crippen LogP contribution in [0.4, 0.5) is 34.1 Å².